The zero-order chi connectivity index (χ0) is 19.2. The molecule has 0 fully saturated rings. The van der Waals surface area contributed by atoms with E-state index in [2.05, 4.69) is 10.5 Å². The van der Waals surface area contributed by atoms with E-state index in [0.29, 0.717) is 22.6 Å². The average Bonchev–Trinajstić information content (AvgIpc) is 3.12. The summed E-state index contributed by atoms with van der Waals surface area (Å²) in [6.07, 6.45) is 0. The van der Waals surface area contributed by atoms with Crippen molar-refractivity contribution in [3.8, 4) is 17.0 Å². The summed E-state index contributed by atoms with van der Waals surface area (Å²) in [6, 6.07) is 15.6. The number of esters is 1. The predicted octanol–water partition coefficient (Wildman–Crippen LogP) is 3.78. The number of aromatic nitrogens is 1. The van der Waals surface area contributed by atoms with E-state index in [0.717, 1.165) is 0 Å². The third kappa shape index (κ3) is 3.98. The first-order valence-electron chi connectivity index (χ1n) is 8.31. The summed E-state index contributed by atoms with van der Waals surface area (Å²) in [5.74, 6) is -0.500. The fourth-order valence-corrected chi connectivity index (χ4v) is 2.48. The molecule has 0 spiro atoms. The van der Waals surface area contributed by atoms with Gasteiger partial charge in [0, 0.05) is 11.1 Å². The van der Waals surface area contributed by atoms with Gasteiger partial charge in [0.05, 0.1) is 13.7 Å². The molecule has 1 amide bonds. The van der Waals surface area contributed by atoms with Crippen LogP contribution in [0.25, 0.3) is 11.3 Å². The molecule has 1 aromatic heterocycles. The molecule has 0 aliphatic rings. The summed E-state index contributed by atoms with van der Waals surface area (Å²) < 4.78 is 15.4. The van der Waals surface area contributed by atoms with Crippen molar-refractivity contribution in [1.82, 2.24) is 5.16 Å². The van der Waals surface area contributed by atoms with Gasteiger partial charge < -0.3 is 14.0 Å². The van der Waals surface area contributed by atoms with Crippen LogP contribution in [0.15, 0.2) is 59.1 Å². The van der Waals surface area contributed by atoms with E-state index in [9.17, 15) is 9.59 Å². The van der Waals surface area contributed by atoms with Crippen molar-refractivity contribution in [1.29, 1.82) is 0 Å². The molecular weight excluding hydrogens is 348 g/mol. The topological polar surface area (TPSA) is 90.7 Å². The number of methoxy groups -OCH3 is 1. The molecule has 138 valence electrons. The second kappa shape index (κ2) is 8.18. The Bertz CT molecular complexity index is 933. The van der Waals surface area contributed by atoms with Crippen molar-refractivity contribution >= 4 is 17.8 Å². The summed E-state index contributed by atoms with van der Waals surface area (Å²) in [7, 11) is 1.54. The quantitative estimate of drug-likeness (QED) is 0.668. The van der Waals surface area contributed by atoms with E-state index >= 15 is 0 Å². The number of ether oxygens (including phenoxy) is 2. The smallest absolute Gasteiger partial charge is 0.346 e. The number of nitrogens with one attached hydrogen (secondary N) is 1. The van der Waals surface area contributed by atoms with Gasteiger partial charge in [-0.2, -0.15) is 0 Å². The molecule has 7 nitrogen and oxygen atoms in total. The molecule has 3 rings (SSSR count). The SMILES string of the molecule is CCOC(=O)c1c(-c2ccccc2)noc1NC(=O)c1ccc(OC)cc1. The lowest BCUT2D eigenvalue weighted by molar-refractivity contribution is 0.0528. The largest absolute Gasteiger partial charge is 0.497 e. The van der Waals surface area contributed by atoms with Crippen LogP contribution in [0.2, 0.25) is 0 Å². The van der Waals surface area contributed by atoms with Crippen LogP contribution in [0, 0.1) is 0 Å². The monoisotopic (exact) mass is 366 g/mol. The lowest BCUT2D eigenvalue weighted by Crippen LogP contribution is -2.15. The van der Waals surface area contributed by atoms with Gasteiger partial charge in [-0.15, -0.1) is 0 Å². The van der Waals surface area contributed by atoms with Gasteiger partial charge in [-0.1, -0.05) is 35.5 Å². The van der Waals surface area contributed by atoms with Crippen LogP contribution >= 0.6 is 0 Å². The Labute approximate surface area is 155 Å². The van der Waals surface area contributed by atoms with E-state index < -0.39 is 11.9 Å². The summed E-state index contributed by atoms with van der Waals surface area (Å²) in [6.45, 7) is 1.88. The zero-order valence-corrected chi connectivity index (χ0v) is 14.9. The molecule has 1 N–H and O–H groups in total. The van der Waals surface area contributed by atoms with E-state index in [1.807, 2.05) is 18.2 Å². The van der Waals surface area contributed by atoms with E-state index in [1.54, 1.807) is 50.4 Å². The average molecular weight is 366 g/mol. The number of hydrogen-bond acceptors (Lipinski definition) is 6. The molecule has 0 saturated heterocycles. The normalized spacial score (nSPS) is 10.3. The Kier molecular flexibility index (Phi) is 5.51. The lowest BCUT2D eigenvalue weighted by atomic mass is 10.1. The number of carbonyl (C=O) groups excluding carboxylic acids is 2. The Balaban J connectivity index is 1.93. The van der Waals surface area contributed by atoms with Crippen LogP contribution in [-0.2, 0) is 4.74 Å². The highest BCUT2D eigenvalue weighted by molar-refractivity contribution is 6.08. The Morgan fingerprint density at radius 1 is 1.07 bits per heavy atom. The first-order valence-corrected chi connectivity index (χ1v) is 8.31. The fourth-order valence-electron chi connectivity index (χ4n) is 2.48. The first-order chi connectivity index (χ1) is 13.1. The fraction of sp³-hybridized carbons (Fsp3) is 0.150. The summed E-state index contributed by atoms with van der Waals surface area (Å²) in [4.78, 5) is 24.9. The molecule has 7 heteroatoms. The minimum Gasteiger partial charge on any atom is -0.497 e. The molecule has 0 atom stereocenters. The predicted molar refractivity (Wildman–Crippen MR) is 98.8 cm³/mol. The zero-order valence-electron chi connectivity index (χ0n) is 14.9. The maximum atomic E-state index is 12.5. The molecule has 3 aromatic rings. The highest BCUT2D eigenvalue weighted by Crippen LogP contribution is 2.30. The Hall–Kier alpha value is -3.61. The third-order valence-electron chi connectivity index (χ3n) is 3.80. The van der Waals surface area contributed by atoms with E-state index in [4.69, 9.17) is 14.0 Å². The lowest BCUT2D eigenvalue weighted by Gasteiger charge is -2.06. The highest BCUT2D eigenvalue weighted by Gasteiger charge is 2.26. The number of nitrogens with zero attached hydrogens (tertiary/aromatic N) is 1. The van der Waals surface area contributed by atoms with Crippen molar-refractivity contribution < 1.29 is 23.6 Å². The van der Waals surface area contributed by atoms with Crippen molar-refractivity contribution in [3.05, 3.63) is 65.7 Å². The van der Waals surface area contributed by atoms with Gasteiger partial charge in [0.1, 0.15) is 11.4 Å². The van der Waals surface area contributed by atoms with Crippen molar-refractivity contribution in [3.63, 3.8) is 0 Å². The van der Waals surface area contributed by atoms with E-state index in [1.165, 1.54) is 0 Å². The summed E-state index contributed by atoms with van der Waals surface area (Å²) >= 11 is 0. The maximum absolute atomic E-state index is 12.5. The van der Waals surface area contributed by atoms with Crippen LogP contribution in [-0.4, -0.2) is 30.7 Å². The van der Waals surface area contributed by atoms with Gasteiger partial charge >= 0.3 is 5.97 Å². The number of benzene rings is 2. The highest BCUT2D eigenvalue weighted by atomic mass is 16.5. The molecule has 1 heterocycles. The second-order valence-electron chi connectivity index (χ2n) is 5.50. The maximum Gasteiger partial charge on any atom is 0.346 e. The third-order valence-corrected chi connectivity index (χ3v) is 3.80. The molecule has 0 aliphatic heterocycles. The molecule has 0 radical (unpaired) electrons. The van der Waals surface area contributed by atoms with Gasteiger partial charge in [0.15, 0.2) is 5.56 Å². The molecule has 0 aliphatic carbocycles. The Morgan fingerprint density at radius 3 is 2.41 bits per heavy atom. The van der Waals surface area contributed by atoms with Gasteiger partial charge in [0.2, 0.25) is 5.88 Å². The van der Waals surface area contributed by atoms with Crippen LogP contribution in [0.3, 0.4) is 0 Å². The first kappa shape index (κ1) is 18.2. The van der Waals surface area contributed by atoms with E-state index in [-0.39, 0.29) is 18.1 Å². The van der Waals surface area contributed by atoms with Crippen LogP contribution in [0.1, 0.15) is 27.6 Å². The Morgan fingerprint density at radius 2 is 1.78 bits per heavy atom. The molecular formula is C20H18N2O5. The molecule has 0 unspecified atom stereocenters. The van der Waals surface area contributed by atoms with Crippen LogP contribution in [0.5, 0.6) is 5.75 Å². The minimum absolute atomic E-state index is 0.0619. The minimum atomic E-state index is -0.623. The molecule has 27 heavy (non-hydrogen) atoms. The van der Waals surface area contributed by atoms with Gasteiger partial charge in [-0.05, 0) is 31.2 Å². The van der Waals surface area contributed by atoms with Crippen LogP contribution in [0.4, 0.5) is 5.88 Å². The van der Waals surface area contributed by atoms with Gasteiger partial charge in [-0.25, -0.2) is 4.79 Å². The standard InChI is InChI=1S/C20H18N2O5/c1-3-26-20(24)16-17(13-7-5-4-6-8-13)22-27-19(16)21-18(23)14-9-11-15(25-2)12-10-14/h4-12H,3H2,1-2H3,(H,21,23). The van der Waals surface area contributed by atoms with Crippen molar-refractivity contribution in [2.24, 2.45) is 0 Å². The summed E-state index contributed by atoms with van der Waals surface area (Å²) in [5.41, 5.74) is 1.43. The number of rotatable bonds is 6. The molecule has 2 aromatic carbocycles. The van der Waals surface area contributed by atoms with Crippen molar-refractivity contribution in [2.45, 2.75) is 6.92 Å². The van der Waals surface area contributed by atoms with Gasteiger partial charge in [0.25, 0.3) is 5.91 Å². The van der Waals surface area contributed by atoms with Crippen molar-refractivity contribution in [2.75, 3.05) is 19.0 Å². The number of carbonyl (C=O) groups is 2. The number of anilines is 1. The summed E-state index contributed by atoms with van der Waals surface area (Å²) in [5, 5.41) is 6.54. The van der Waals surface area contributed by atoms with Crippen LogP contribution < -0.4 is 10.1 Å². The number of amides is 1. The number of hydrogen-bond donors (Lipinski definition) is 1. The molecule has 0 saturated carbocycles. The second-order valence-corrected chi connectivity index (χ2v) is 5.50. The molecule has 0 bridgehead atoms. The van der Waals surface area contributed by atoms with Gasteiger partial charge in [-0.3, -0.25) is 10.1 Å².